The molecular formula is C17H28N2O2S. The van der Waals surface area contributed by atoms with Crippen LogP contribution in [0.5, 0.6) is 0 Å². The predicted octanol–water partition coefficient (Wildman–Crippen LogP) is 2.92. The van der Waals surface area contributed by atoms with E-state index in [0.29, 0.717) is 6.04 Å². The molecule has 2 unspecified atom stereocenters. The fourth-order valence-electron chi connectivity index (χ4n) is 3.62. The molecule has 1 saturated heterocycles. The lowest BCUT2D eigenvalue weighted by Crippen LogP contribution is -2.52. The zero-order chi connectivity index (χ0) is 15.5. The molecule has 1 aliphatic heterocycles. The largest absolute Gasteiger partial charge is 0.352 e. The first-order valence-corrected chi connectivity index (χ1v) is 9.99. The summed E-state index contributed by atoms with van der Waals surface area (Å²) in [5.74, 6) is 1.28. The lowest BCUT2D eigenvalue weighted by molar-refractivity contribution is -0.141. The van der Waals surface area contributed by atoms with E-state index >= 15 is 0 Å². The average Bonchev–Trinajstić information content (AvgIpc) is 3.29. The van der Waals surface area contributed by atoms with E-state index in [1.807, 2.05) is 4.90 Å². The Morgan fingerprint density at radius 1 is 1.14 bits per heavy atom. The van der Waals surface area contributed by atoms with Crippen LogP contribution in [0, 0.1) is 5.92 Å². The van der Waals surface area contributed by atoms with Crippen molar-refractivity contribution < 1.29 is 9.59 Å². The van der Waals surface area contributed by atoms with Gasteiger partial charge in [0.05, 0.1) is 5.37 Å². The zero-order valence-corrected chi connectivity index (χ0v) is 14.4. The first kappa shape index (κ1) is 16.2. The normalized spacial score (nSPS) is 29.6. The summed E-state index contributed by atoms with van der Waals surface area (Å²) in [6.07, 6.45) is 9.99. The summed E-state index contributed by atoms with van der Waals surface area (Å²) >= 11 is 1.79. The number of carbonyl (C=O) groups excluding carboxylic acids is 2. The third-order valence-electron chi connectivity index (χ3n) is 5.06. The number of hydrogen-bond acceptors (Lipinski definition) is 3. The van der Waals surface area contributed by atoms with Crippen molar-refractivity contribution in [2.75, 3.05) is 5.75 Å². The van der Waals surface area contributed by atoms with Crippen LogP contribution in [-0.2, 0) is 9.59 Å². The molecule has 0 aromatic rings. The van der Waals surface area contributed by atoms with Gasteiger partial charge in [-0.3, -0.25) is 9.59 Å². The lowest BCUT2D eigenvalue weighted by atomic mass is 9.95. The van der Waals surface area contributed by atoms with Crippen molar-refractivity contribution >= 4 is 23.6 Å². The Kier molecular flexibility index (Phi) is 5.32. The van der Waals surface area contributed by atoms with Crippen LogP contribution in [-0.4, -0.2) is 39.9 Å². The summed E-state index contributed by atoms with van der Waals surface area (Å²) in [4.78, 5) is 27.3. The van der Waals surface area contributed by atoms with Gasteiger partial charge in [0.15, 0.2) is 0 Å². The lowest BCUT2D eigenvalue weighted by Gasteiger charge is -2.31. The van der Waals surface area contributed by atoms with Crippen molar-refractivity contribution in [2.45, 2.75) is 82.2 Å². The number of hydrogen-bond donors (Lipinski definition) is 1. The minimum atomic E-state index is -0.239. The molecule has 1 N–H and O–H groups in total. The van der Waals surface area contributed by atoms with Gasteiger partial charge in [0.25, 0.3) is 0 Å². The number of carbonyl (C=O) groups is 2. The topological polar surface area (TPSA) is 49.4 Å². The molecule has 3 aliphatic rings. The van der Waals surface area contributed by atoms with Crippen LogP contribution in [0.2, 0.25) is 0 Å². The molecule has 3 rings (SSSR count). The fourth-order valence-corrected chi connectivity index (χ4v) is 5.15. The third-order valence-corrected chi connectivity index (χ3v) is 6.42. The molecule has 3 fully saturated rings. The molecular weight excluding hydrogens is 296 g/mol. The molecule has 4 nitrogen and oxygen atoms in total. The molecule has 2 saturated carbocycles. The highest BCUT2D eigenvalue weighted by atomic mass is 32.2. The molecule has 2 aliphatic carbocycles. The Morgan fingerprint density at radius 3 is 2.50 bits per heavy atom. The number of amides is 2. The Labute approximate surface area is 137 Å². The van der Waals surface area contributed by atoms with Crippen LogP contribution in [0.4, 0.5) is 0 Å². The summed E-state index contributed by atoms with van der Waals surface area (Å²) in [5.41, 5.74) is 0. The van der Waals surface area contributed by atoms with Gasteiger partial charge in [-0.1, -0.05) is 32.6 Å². The minimum absolute atomic E-state index is 0.0898. The number of nitrogens with zero attached hydrogens (tertiary/aromatic N) is 1. The van der Waals surface area contributed by atoms with E-state index in [9.17, 15) is 9.59 Å². The second-order valence-electron chi connectivity index (χ2n) is 6.96. The molecule has 0 aromatic heterocycles. The SMILES string of the molecule is CCCC1SCC(C(=O)NC2CCCCC2)N1C(=O)C1CC1. The Balaban J connectivity index is 1.64. The second-order valence-corrected chi connectivity index (χ2v) is 8.17. The minimum Gasteiger partial charge on any atom is -0.352 e. The number of thioether (sulfide) groups is 1. The smallest absolute Gasteiger partial charge is 0.243 e. The van der Waals surface area contributed by atoms with Crippen molar-refractivity contribution in [3.8, 4) is 0 Å². The average molecular weight is 324 g/mol. The summed E-state index contributed by atoms with van der Waals surface area (Å²) in [6, 6.07) is 0.0888. The maximum absolute atomic E-state index is 12.7. The van der Waals surface area contributed by atoms with Gasteiger partial charge < -0.3 is 10.2 Å². The van der Waals surface area contributed by atoms with Gasteiger partial charge in [-0.25, -0.2) is 0 Å². The molecule has 2 amide bonds. The van der Waals surface area contributed by atoms with Gasteiger partial charge in [-0.2, -0.15) is 0 Å². The van der Waals surface area contributed by atoms with Gasteiger partial charge in [0.1, 0.15) is 6.04 Å². The van der Waals surface area contributed by atoms with Crippen molar-refractivity contribution in [2.24, 2.45) is 5.92 Å². The van der Waals surface area contributed by atoms with Gasteiger partial charge in [0.2, 0.25) is 11.8 Å². The first-order valence-electron chi connectivity index (χ1n) is 8.95. The predicted molar refractivity (Wildman–Crippen MR) is 89.5 cm³/mol. The second kappa shape index (κ2) is 7.24. The summed E-state index contributed by atoms with van der Waals surface area (Å²) in [6.45, 7) is 2.15. The van der Waals surface area contributed by atoms with Crippen LogP contribution in [0.1, 0.15) is 64.7 Å². The zero-order valence-electron chi connectivity index (χ0n) is 13.6. The van der Waals surface area contributed by atoms with E-state index < -0.39 is 0 Å². The van der Waals surface area contributed by atoms with Gasteiger partial charge in [-0.05, 0) is 32.1 Å². The molecule has 0 radical (unpaired) electrons. The molecule has 124 valence electrons. The highest BCUT2D eigenvalue weighted by Gasteiger charge is 2.45. The van der Waals surface area contributed by atoms with Gasteiger partial charge in [-0.15, -0.1) is 11.8 Å². The third kappa shape index (κ3) is 3.61. The van der Waals surface area contributed by atoms with E-state index in [4.69, 9.17) is 0 Å². The Morgan fingerprint density at radius 2 is 1.86 bits per heavy atom. The first-order chi connectivity index (χ1) is 10.7. The van der Waals surface area contributed by atoms with Gasteiger partial charge >= 0.3 is 0 Å². The van der Waals surface area contributed by atoms with Crippen LogP contribution in [0.3, 0.4) is 0 Å². The molecule has 0 bridgehead atoms. The molecule has 2 atom stereocenters. The van der Waals surface area contributed by atoms with E-state index in [1.165, 1.54) is 19.3 Å². The summed E-state index contributed by atoms with van der Waals surface area (Å²) in [5, 5.41) is 3.43. The molecule has 22 heavy (non-hydrogen) atoms. The van der Waals surface area contributed by atoms with E-state index in [-0.39, 0.29) is 29.1 Å². The Hall–Kier alpha value is -0.710. The van der Waals surface area contributed by atoms with Crippen molar-refractivity contribution in [3.63, 3.8) is 0 Å². The maximum Gasteiger partial charge on any atom is 0.243 e. The molecule has 5 heteroatoms. The highest BCUT2D eigenvalue weighted by molar-refractivity contribution is 8.00. The van der Waals surface area contributed by atoms with Crippen molar-refractivity contribution in [1.82, 2.24) is 10.2 Å². The number of rotatable bonds is 5. The number of nitrogens with one attached hydrogen (secondary N) is 1. The van der Waals surface area contributed by atoms with Crippen LogP contribution < -0.4 is 5.32 Å². The standard InChI is InChI=1S/C17H28N2O2S/c1-2-6-15-19(17(21)12-9-10-12)14(11-22-15)16(20)18-13-7-4-3-5-8-13/h12-15H,2-11H2,1H3,(H,18,20). The summed E-state index contributed by atoms with van der Waals surface area (Å²) in [7, 11) is 0. The van der Waals surface area contributed by atoms with Crippen LogP contribution >= 0.6 is 11.8 Å². The van der Waals surface area contributed by atoms with E-state index in [0.717, 1.165) is 44.3 Å². The molecule has 0 spiro atoms. The molecule has 0 aromatic carbocycles. The van der Waals surface area contributed by atoms with E-state index in [1.54, 1.807) is 11.8 Å². The van der Waals surface area contributed by atoms with Crippen LogP contribution in [0.25, 0.3) is 0 Å². The van der Waals surface area contributed by atoms with Crippen molar-refractivity contribution in [1.29, 1.82) is 0 Å². The van der Waals surface area contributed by atoms with Crippen LogP contribution in [0.15, 0.2) is 0 Å². The fraction of sp³-hybridized carbons (Fsp3) is 0.882. The quantitative estimate of drug-likeness (QED) is 0.846. The highest BCUT2D eigenvalue weighted by Crippen LogP contribution is 2.39. The van der Waals surface area contributed by atoms with Crippen molar-refractivity contribution in [3.05, 3.63) is 0 Å². The molecule has 1 heterocycles. The summed E-state index contributed by atoms with van der Waals surface area (Å²) < 4.78 is 0. The maximum atomic E-state index is 12.7. The van der Waals surface area contributed by atoms with E-state index in [2.05, 4.69) is 12.2 Å². The van der Waals surface area contributed by atoms with Gasteiger partial charge in [0, 0.05) is 17.7 Å². The Bertz CT molecular complexity index is 419. The monoisotopic (exact) mass is 324 g/mol.